The molecule has 4 heteroatoms. The Morgan fingerprint density at radius 2 is 1.72 bits per heavy atom. The highest BCUT2D eigenvalue weighted by molar-refractivity contribution is 7.98. The van der Waals surface area contributed by atoms with Gasteiger partial charge < -0.3 is 5.32 Å². The van der Waals surface area contributed by atoms with Crippen molar-refractivity contribution in [3.63, 3.8) is 0 Å². The molecule has 2 aromatic rings. The van der Waals surface area contributed by atoms with Crippen LogP contribution in [0.2, 0.25) is 0 Å². The summed E-state index contributed by atoms with van der Waals surface area (Å²) in [4.78, 5) is 23.9. The van der Waals surface area contributed by atoms with Crippen molar-refractivity contribution >= 4 is 29.1 Å². The number of hydrogen-bond acceptors (Lipinski definition) is 3. The first-order valence-corrected chi connectivity index (χ1v) is 9.59. The highest BCUT2D eigenvalue weighted by Gasteiger charge is 2.14. The van der Waals surface area contributed by atoms with Crippen molar-refractivity contribution in [2.24, 2.45) is 0 Å². The van der Waals surface area contributed by atoms with Crippen LogP contribution in [-0.4, -0.2) is 17.4 Å². The molecule has 0 aliphatic heterocycles. The van der Waals surface area contributed by atoms with Gasteiger partial charge in [-0.05, 0) is 62.1 Å². The predicted octanol–water partition coefficient (Wildman–Crippen LogP) is 5.08. The fourth-order valence-corrected chi connectivity index (χ4v) is 4.20. The minimum atomic E-state index is 0.0282. The average molecular weight is 356 g/mol. The number of thioether (sulfide) groups is 1. The number of carbonyl (C=O) groups is 2. The Balaban J connectivity index is 1.91. The van der Waals surface area contributed by atoms with E-state index in [1.54, 1.807) is 18.7 Å². The standard InChI is InChI=1S/C21H25NO2S/c1-14-12-15(2)21(17(4)23)16(3)19(14)13-25-11-10-20(24)22-18-8-6-5-7-9-18/h5-9,12H,10-11,13H2,1-4H3,(H,22,24). The van der Waals surface area contributed by atoms with Gasteiger partial charge in [0.1, 0.15) is 0 Å². The maximum absolute atomic E-state index is 12.0. The molecule has 1 N–H and O–H groups in total. The quantitative estimate of drug-likeness (QED) is 0.557. The van der Waals surface area contributed by atoms with Gasteiger partial charge >= 0.3 is 0 Å². The van der Waals surface area contributed by atoms with Crippen LogP contribution in [0.1, 0.15) is 46.0 Å². The molecule has 0 aromatic heterocycles. The number of hydrogen-bond donors (Lipinski definition) is 1. The lowest BCUT2D eigenvalue weighted by molar-refractivity contribution is -0.115. The normalized spacial score (nSPS) is 10.6. The van der Waals surface area contributed by atoms with E-state index >= 15 is 0 Å². The van der Waals surface area contributed by atoms with E-state index < -0.39 is 0 Å². The van der Waals surface area contributed by atoms with Crippen LogP contribution in [0.5, 0.6) is 0 Å². The molecule has 0 saturated heterocycles. The van der Waals surface area contributed by atoms with Gasteiger partial charge in [0.2, 0.25) is 5.91 Å². The first-order valence-electron chi connectivity index (χ1n) is 8.43. The van der Waals surface area contributed by atoms with Gasteiger partial charge in [0.25, 0.3) is 0 Å². The van der Waals surface area contributed by atoms with Crippen LogP contribution in [0, 0.1) is 20.8 Å². The molecule has 0 bridgehead atoms. The van der Waals surface area contributed by atoms with Gasteiger partial charge in [-0.3, -0.25) is 9.59 Å². The van der Waals surface area contributed by atoms with Gasteiger partial charge in [0.05, 0.1) is 0 Å². The predicted molar refractivity (Wildman–Crippen MR) is 107 cm³/mol. The van der Waals surface area contributed by atoms with Crippen LogP contribution >= 0.6 is 11.8 Å². The van der Waals surface area contributed by atoms with Gasteiger partial charge in [0, 0.05) is 29.2 Å². The van der Waals surface area contributed by atoms with Crippen LogP contribution in [0.15, 0.2) is 36.4 Å². The zero-order valence-electron chi connectivity index (χ0n) is 15.3. The van der Waals surface area contributed by atoms with Crippen molar-refractivity contribution < 1.29 is 9.59 Å². The number of para-hydroxylation sites is 1. The first kappa shape index (κ1) is 19.3. The Labute approximate surface area is 154 Å². The Morgan fingerprint density at radius 3 is 2.36 bits per heavy atom. The zero-order valence-corrected chi connectivity index (χ0v) is 16.1. The molecule has 0 aliphatic rings. The molecule has 0 atom stereocenters. The lowest BCUT2D eigenvalue weighted by Crippen LogP contribution is -2.12. The molecular formula is C21H25NO2S. The number of aryl methyl sites for hydroxylation is 2. The molecule has 0 spiro atoms. The van der Waals surface area contributed by atoms with Crippen molar-refractivity contribution in [1.82, 2.24) is 0 Å². The highest BCUT2D eigenvalue weighted by Crippen LogP contribution is 2.26. The van der Waals surface area contributed by atoms with Crippen molar-refractivity contribution in [2.75, 3.05) is 11.1 Å². The van der Waals surface area contributed by atoms with Crippen molar-refractivity contribution in [2.45, 2.75) is 39.9 Å². The Bertz CT molecular complexity index is 769. The molecule has 0 aliphatic carbocycles. The average Bonchev–Trinajstić information content (AvgIpc) is 2.54. The van der Waals surface area contributed by atoms with Crippen LogP contribution in [-0.2, 0) is 10.5 Å². The molecule has 25 heavy (non-hydrogen) atoms. The molecule has 3 nitrogen and oxygen atoms in total. The van der Waals surface area contributed by atoms with Crippen molar-refractivity contribution in [1.29, 1.82) is 0 Å². The summed E-state index contributed by atoms with van der Waals surface area (Å²) in [6.45, 7) is 7.72. The van der Waals surface area contributed by atoms with Gasteiger partial charge in [0.15, 0.2) is 5.78 Å². The third-order valence-corrected chi connectivity index (χ3v) is 5.25. The topological polar surface area (TPSA) is 46.2 Å². The van der Waals surface area contributed by atoms with E-state index in [9.17, 15) is 9.59 Å². The summed E-state index contributed by atoms with van der Waals surface area (Å²) in [6.07, 6.45) is 0.475. The van der Waals surface area contributed by atoms with E-state index in [4.69, 9.17) is 0 Å². The molecule has 0 fully saturated rings. The number of carbonyl (C=O) groups excluding carboxylic acids is 2. The number of Topliss-reactive ketones (excluding diaryl/α,β-unsaturated/α-hetero) is 1. The maximum atomic E-state index is 12.0. The first-order chi connectivity index (χ1) is 11.9. The largest absolute Gasteiger partial charge is 0.326 e. The SMILES string of the molecule is CC(=O)c1c(C)cc(C)c(CSCCC(=O)Nc2ccccc2)c1C. The molecule has 0 heterocycles. The number of ketones is 1. The molecule has 0 unspecified atom stereocenters. The molecule has 2 rings (SSSR count). The molecule has 0 radical (unpaired) electrons. The monoisotopic (exact) mass is 355 g/mol. The molecule has 1 amide bonds. The summed E-state index contributed by atoms with van der Waals surface area (Å²) >= 11 is 1.73. The number of benzene rings is 2. The Hall–Kier alpha value is -2.07. The van der Waals surface area contributed by atoms with E-state index in [-0.39, 0.29) is 11.7 Å². The Kier molecular flexibility index (Phi) is 6.82. The van der Waals surface area contributed by atoms with Crippen molar-refractivity contribution in [3.05, 3.63) is 64.2 Å². The summed E-state index contributed by atoms with van der Waals surface area (Å²) in [6, 6.07) is 11.6. The lowest BCUT2D eigenvalue weighted by Gasteiger charge is -2.15. The molecule has 2 aromatic carbocycles. The van der Waals surface area contributed by atoms with Crippen LogP contribution in [0.4, 0.5) is 5.69 Å². The smallest absolute Gasteiger partial charge is 0.225 e. The fourth-order valence-electron chi connectivity index (χ4n) is 3.07. The number of amides is 1. The fraction of sp³-hybridized carbons (Fsp3) is 0.333. The maximum Gasteiger partial charge on any atom is 0.225 e. The second-order valence-corrected chi connectivity index (χ2v) is 7.37. The molecule has 0 saturated carbocycles. The van der Waals surface area contributed by atoms with E-state index in [1.807, 2.05) is 44.2 Å². The summed E-state index contributed by atoms with van der Waals surface area (Å²) in [5.74, 6) is 1.71. The summed E-state index contributed by atoms with van der Waals surface area (Å²) in [5, 5.41) is 2.90. The second-order valence-electron chi connectivity index (χ2n) is 6.26. The zero-order chi connectivity index (χ0) is 18.4. The van der Waals surface area contributed by atoms with Gasteiger partial charge in [-0.15, -0.1) is 0 Å². The summed E-state index contributed by atoms with van der Waals surface area (Å²) in [5.41, 5.74) is 6.20. The Morgan fingerprint density at radius 1 is 1.04 bits per heavy atom. The van der Waals surface area contributed by atoms with Gasteiger partial charge in [-0.25, -0.2) is 0 Å². The van der Waals surface area contributed by atoms with E-state index in [1.165, 1.54) is 11.1 Å². The van der Waals surface area contributed by atoms with Crippen LogP contribution in [0.3, 0.4) is 0 Å². The van der Waals surface area contributed by atoms with E-state index in [0.29, 0.717) is 6.42 Å². The number of anilines is 1. The summed E-state index contributed by atoms with van der Waals surface area (Å²) in [7, 11) is 0. The minimum Gasteiger partial charge on any atom is -0.326 e. The second kappa shape index (κ2) is 8.86. The number of rotatable bonds is 7. The molecule has 132 valence electrons. The van der Waals surface area contributed by atoms with Crippen LogP contribution < -0.4 is 5.32 Å². The highest BCUT2D eigenvalue weighted by atomic mass is 32.2. The van der Waals surface area contributed by atoms with Gasteiger partial charge in [-0.2, -0.15) is 11.8 Å². The van der Waals surface area contributed by atoms with Gasteiger partial charge in [-0.1, -0.05) is 24.3 Å². The summed E-state index contributed by atoms with van der Waals surface area (Å²) < 4.78 is 0. The third kappa shape index (κ3) is 5.20. The van der Waals surface area contributed by atoms with E-state index in [2.05, 4.69) is 18.3 Å². The van der Waals surface area contributed by atoms with E-state index in [0.717, 1.165) is 33.9 Å². The number of nitrogens with one attached hydrogen (secondary N) is 1. The lowest BCUT2D eigenvalue weighted by atomic mass is 9.92. The molecular weight excluding hydrogens is 330 g/mol. The van der Waals surface area contributed by atoms with Crippen molar-refractivity contribution in [3.8, 4) is 0 Å². The minimum absolute atomic E-state index is 0.0282. The van der Waals surface area contributed by atoms with Crippen LogP contribution in [0.25, 0.3) is 0 Å². The third-order valence-electron chi connectivity index (χ3n) is 4.26.